The van der Waals surface area contributed by atoms with Crippen molar-refractivity contribution in [2.75, 3.05) is 4.72 Å². The largest absolute Gasteiger partial charge is 0.478 e. The molecule has 4 aromatic rings. The normalized spacial score (nSPS) is 11.4. The van der Waals surface area contributed by atoms with Gasteiger partial charge in [0.1, 0.15) is 5.82 Å². The van der Waals surface area contributed by atoms with Crippen LogP contribution in [0.3, 0.4) is 0 Å². The Morgan fingerprint density at radius 1 is 0.933 bits per heavy atom. The molecule has 0 fully saturated rings. The van der Waals surface area contributed by atoms with E-state index in [1.165, 1.54) is 12.1 Å². The summed E-state index contributed by atoms with van der Waals surface area (Å²) in [6.45, 7) is 0. The Kier molecular flexibility index (Phi) is 4.93. The van der Waals surface area contributed by atoms with E-state index in [2.05, 4.69) is 9.71 Å². The van der Waals surface area contributed by atoms with Crippen molar-refractivity contribution in [1.29, 1.82) is 0 Å². The van der Waals surface area contributed by atoms with Crippen LogP contribution in [0.5, 0.6) is 0 Å². The molecule has 8 heteroatoms. The van der Waals surface area contributed by atoms with Gasteiger partial charge >= 0.3 is 5.97 Å². The van der Waals surface area contributed by atoms with Gasteiger partial charge in [-0.3, -0.25) is 9.71 Å². The van der Waals surface area contributed by atoms with E-state index in [0.717, 1.165) is 28.6 Å². The Hall–Kier alpha value is -3.78. The van der Waals surface area contributed by atoms with Gasteiger partial charge in [0.05, 0.1) is 10.5 Å². The van der Waals surface area contributed by atoms with Crippen LogP contribution in [0.15, 0.2) is 84.0 Å². The van der Waals surface area contributed by atoms with Gasteiger partial charge in [-0.05, 0) is 52.9 Å². The zero-order valence-electron chi connectivity index (χ0n) is 15.4. The first-order valence-corrected chi connectivity index (χ1v) is 10.3. The minimum Gasteiger partial charge on any atom is -0.478 e. The first-order chi connectivity index (χ1) is 14.4. The molecule has 0 aliphatic rings. The lowest BCUT2D eigenvalue weighted by Crippen LogP contribution is -2.14. The summed E-state index contributed by atoms with van der Waals surface area (Å²) in [7, 11) is -4.07. The van der Waals surface area contributed by atoms with E-state index in [4.69, 9.17) is 5.11 Å². The molecule has 0 radical (unpaired) electrons. The van der Waals surface area contributed by atoms with Crippen molar-refractivity contribution < 1.29 is 22.7 Å². The smallest absolute Gasteiger partial charge is 0.338 e. The first-order valence-electron chi connectivity index (χ1n) is 8.84. The monoisotopic (exact) mass is 422 g/mol. The van der Waals surface area contributed by atoms with Crippen molar-refractivity contribution in [1.82, 2.24) is 4.98 Å². The number of carboxylic acids is 1. The predicted molar refractivity (Wildman–Crippen MR) is 111 cm³/mol. The lowest BCUT2D eigenvalue weighted by molar-refractivity contribution is 0.0692. The van der Waals surface area contributed by atoms with Gasteiger partial charge in [0.15, 0.2) is 0 Å². The molecular weight excluding hydrogens is 407 g/mol. The number of aromatic carboxylic acids is 1. The molecule has 0 amide bonds. The molecule has 0 aliphatic heterocycles. The van der Waals surface area contributed by atoms with Crippen molar-refractivity contribution in [2.24, 2.45) is 0 Å². The van der Waals surface area contributed by atoms with E-state index in [1.807, 2.05) is 24.3 Å². The molecule has 0 bridgehead atoms. The standard InChI is InChI=1S/C22H15FN2O4S/c23-20-7-5-15(13-19(20)22(26)27)25-30(28,29)21-8-6-16(14-9-11-24-12-10-14)17-3-1-2-4-18(17)21/h1-13,25H,(H,26,27). The van der Waals surface area contributed by atoms with Crippen LogP contribution in [-0.4, -0.2) is 24.5 Å². The lowest BCUT2D eigenvalue weighted by atomic mass is 9.99. The molecular formula is C22H15FN2O4S. The zero-order chi connectivity index (χ0) is 21.3. The van der Waals surface area contributed by atoms with Crippen LogP contribution in [0.25, 0.3) is 21.9 Å². The number of benzene rings is 3. The fourth-order valence-electron chi connectivity index (χ4n) is 3.25. The van der Waals surface area contributed by atoms with Gasteiger partial charge in [0.25, 0.3) is 10.0 Å². The third kappa shape index (κ3) is 3.60. The van der Waals surface area contributed by atoms with Crippen LogP contribution in [0.4, 0.5) is 10.1 Å². The Morgan fingerprint density at radius 2 is 1.63 bits per heavy atom. The Bertz CT molecular complexity index is 1370. The van der Waals surface area contributed by atoms with Crippen LogP contribution in [0.2, 0.25) is 0 Å². The molecule has 2 N–H and O–H groups in total. The molecule has 4 rings (SSSR count). The van der Waals surface area contributed by atoms with Crippen LogP contribution in [0, 0.1) is 5.82 Å². The highest BCUT2D eigenvalue weighted by Crippen LogP contribution is 2.33. The summed E-state index contributed by atoms with van der Waals surface area (Å²) in [5.41, 5.74) is 1.08. The van der Waals surface area contributed by atoms with Gasteiger partial charge in [-0.2, -0.15) is 0 Å². The summed E-state index contributed by atoms with van der Waals surface area (Å²) in [5.74, 6) is -2.43. The summed E-state index contributed by atoms with van der Waals surface area (Å²) in [6.07, 6.45) is 3.32. The Morgan fingerprint density at radius 3 is 2.33 bits per heavy atom. The highest BCUT2D eigenvalue weighted by molar-refractivity contribution is 7.93. The fourth-order valence-corrected chi connectivity index (χ4v) is 4.51. The summed E-state index contributed by atoms with van der Waals surface area (Å²) in [5, 5.41) is 10.3. The average Bonchev–Trinajstić information content (AvgIpc) is 2.74. The van der Waals surface area contributed by atoms with E-state index in [0.29, 0.717) is 5.39 Å². The van der Waals surface area contributed by atoms with Crippen molar-refractivity contribution in [2.45, 2.75) is 4.90 Å². The molecule has 0 saturated carbocycles. The zero-order valence-corrected chi connectivity index (χ0v) is 16.2. The third-order valence-corrected chi connectivity index (χ3v) is 6.05. The second-order valence-corrected chi connectivity index (χ2v) is 8.15. The average molecular weight is 422 g/mol. The van der Waals surface area contributed by atoms with E-state index >= 15 is 0 Å². The molecule has 150 valence electrons. The molecule has 0 saturated heterocycles. The van der Waals surface area contributed by atoms with Gasteiger partial charge in [0.2, 0.25) is 0 Å². The SMILES string of the molecule is O=C(O)c1cc(NS(=O)(=O)c2ccc(-c3ccncc3)c3ccccc23)ccc1F. The van der Waals surface area contributed by atoms with Gasteiger partial charge in [-0.15, -0.1) is 0 Å². The number of carbonyl (C=O) groups is 1. The van der Waals surface area contributed by atoms with Crippen molar-refractivity contribution in [3.05, 3.63) is 90.5 Å². The van der Waals surface area contributed by atoms with Crippen LogP contribution >= 0.6 is 0 Å². The van der Waals surface area contributed by atoms with E-state index in [1.54, 1.807) is 30.6 Å². The number of aromatic nitrogens is 1. The number of halogens is 1. The minimum absolute atomic E-state index is 0.0251. The Labute approximate surface area is 171 Å². The number of hydrogen-bond acceptors (Lipinski definition) is 4. The number of nitrogens with one attached hydrogen (secondary N) is 1. The second-order valence-electron chi connectivity index (χ2n) is 6.50. The molecule has 0 aliphatic carbocycles. The number of rotatable bonds is 5. The summed E-state index contributed by atoms with van der Waals surface area (Å²) >= 11 is 0. The maximum Gasteiger partial charge on any atom is 0.338 e. The number of anilines is 1. The van der Waals surface area contributed by atoms with Gasteiger partial charge in [0, 0.05) is 23.5 Å². The van der Waals surface area contributed by atoms with E-state index in [9.17, 15) is 17.6 Å². The highest BCUT2D eigenvalue weighted by atomic mass is 32.2. The molecule has 1 aromatic heterocycles. The molecule has 0 unspecified atom stereocenters. The molecule has 0 spiro atoms. The number of nitrogens with zero attached hydrogens (tertiary/aromatic N) is 1. The first kappa shape index (κ1) is 19.5. The number of sulfonamides is 1. The van der Waals surface area contributed by atoms with Crippen molar-refractivity contribution in [3.63, 3.8) is 0 Å². The van der Waals surface area contributed by atoms with Crippen LogP contribution in [-0.2, 0) is 10.0 Å². The summed E-state index contributed by atoms with van der Waals surface area (Å²) < 4.78 is 42.1. The number of fused-ring (bicyclic) bond motifs is 1. The van der Waals surface area contributed by atoms with Crippen LogP contribution < -0.4 is 4.72 Å². The summed E-state index contributed by atoms with van der Waals surface area (Å²) in [4.78, 5) is 15.2. The second kappa shape index (κ2) is 7.57. The molecule has 1 heterocycles. The molecule has 0 atom stereocenters. The van der Waals surface area contributed by atoms with E-state index < -0.39 is 27.4 Å². The van der Waals surface area contributed by atoms with Gasteiger partial charge in [-0.1, -0.05) is 30.3 Å². The number of carboxylic acid groups (broad SMARTS) is 1. The maximum atomic E-state index is 13.6. The Balaban J connectivity index is 1.82. The van der Waals surface area contributed by atoms with Crippen molar-refractivity contribution >= 4 is 32.5 Å². The maximum absolute atomic E-state index is 13.6. The fraction of sp³-hybridized carbons (Fsp3) is 0. The molecule has 3 aromatic carbocycles. The van der Waals surface area contributed by atoms with E-state index in [-0.39, 0.29) is 10.6 Å². The predicted octanol–water partition coefficient (Wildman–Crippen LogP) is 4.54. The topological polar surface area (TPSA) is 96.4 Å². The van der Waals surface area contributed by atoms with Crippen molar-refractivity contribution in [3.8, 4) is 11.1 Å². The molecule has 30 heavy (non-hydrogen) atoms. The third-order valence-electron chi connectivity index (χ3n) is 4.61. The number of pyridine rings is 1. The quantitative estimate of drug-likeness (QED) is 0.492. The van der Waals surface area contributed by atoms with Gasteiger partial charge in [-0.25, -0.2) is 17.6 Å². The van der Waals surface area contributed by atoms with Crippen LogP contribution in [0.1, 0.15) is 10.4 Å². The summed E-state index contributed by atoms with van der Waals surface area (Å²) in [6, 6.07) is 17.0. The molecule has 6 nitrogen and oxygen atoms in total. The van der Waals surface area contributed by atoms with Gasteiger partial charge < -0.3 is 5.11 Å². The number of hydrogen-bond donors (Lipinski definition) is 2. The minimum atomic E-state index is -4.07. The lowest BCUT2D eigenvalue weighted by Gasteiger charge is -2.14. The highest BCUT2D eigenvalue weighted by Gasteiger charge is 2.20.